The summed E-state index contributed by atoms with van der Waals surface area (Å²) in [5.41, 5.74) is 0.388. The zero-order valence-electron chi connectivity index (χ0n) is 19.7. The summed E-state index contributed by atoms with van der Waals surface area (Å²) in [6, 6.07) is 11.2. The first-order valence-electron chi connectivity index (χ1n) is 10.7. The molecular formula is C23H30ClFN4O4S. The first kappa shape index (κ1) is 27.6. The normalized spacial score (nSPS) is 12.3. The number of amides is 2. The van der Waals surface area contributed by atoms with E-state index in [0.717, 1.165) is 10.4 Å². The zero-order valence-corrected chi connectivity index (χ0v) is 21.2. The van der Waals surface area contributed by atoms with Crippen LogP contribution in [0.25, 0.3) is 0 Å². The summed E-state index contributed by atoms with van der Waals surface area (Å²) >= 11 is 6.08. The van der Waals surface area contributed by atoms with Crippen molar-refractivity contribution in [3.05, 3.63) is 64.9 Å². The Kier molecular flexibility index (Phi) is 9.84. The Labute approximate surface area is 205 Å². The molecule has 34 heavy (non-hydrogen) atoms. The first-order chi connectivity index (χ1) is 16.0. The third-order valence-corrected chi connectivity index (χ3v) is 7.14. The van der Waals surface area contributed by atoms with Crippen LogP contribution in [0.5, 0.6) is 0 Å². The van der Waals surface area contributed by atoms with E-state index in [1.165, 1.54) is 37.2 Å². The zero-order chi connectivity index (χ0) is 25.5. The number of para-hydroxylation sites is 1. The summed E-state index contributed by atoms with van der Waals surface area (Å²) < 4.78 is 42.2. The van der Waals surface area contributed by atoms with Crippen molar-refractivity contribution in [3.63, 3.8) is 0 Å². The van der Waals surface area contributed by atoms with Gasteiger partial charge in [0.2, 0.25) is 11.8 Å². The van der Waals surface area contributed by atoms with Gasteiger partial charge in [0.1, 0.15) is 18.4 Å². The Hall–Kier alpha value is -2.69. The maximum absolute atomic E-state index is 14.6. The maximum Gasteiger partial charge on any atom is 0.304 e. The molecule has 2 aromatic rings. The van der Waals surface area contributed by atoms with Crippen LogP contribution >= 0.6 is 11.6 Å². The standard InChI is InChI=1S/C23H30ClFN4O4S/c1-5-13-26-23(31)17(2)28(15-18-9-8-10-19(24)14-18)22(30)16-29(34(32,33)27(3)4)21-12-7-6-11-20(21)25/h6-12,14,17H,5,13,15-16H2,1-4H3,(H,26,31)/t17-/m0/s1. The molecule has 11 heteroatoms. The van der Waals surface area contributed by atoms with Gasteiger partial charge in [0.15, 0.2) is 0 Å². The molecule has 2 rings (SSSR count). The summed E-state index contributed by atoms with van der Waals surface area (Å²) in [5.74, 6) is -1.85. The molecule has 0 aliphatic rings. The number of nitrogens with zero attached hydrogens (tertiary/aromatic N) is 3. The van der Waals surface area contributed by atoms with Gasteiger partial charge in [-0.05, 0) is 43.2 Å². The average molecular weight is 513 g/mol. The van der Waals surface area contributed by atoms with Crippen LogP contribution in [0.15, 0.2) is 48.5 Å². The van der Waals surface area contributed by atoms with E-state index in [1.807, 2.05) is 6.92 Å². The van der Waals surface area contributed by atoms with Crippen molar-refractivity contribution >= 4 is 39.3 Å². The van der Waals surface area contributed by atoms with Crippen molar-refractivity contribution in [3.8, 4) is 0 Å². The smallest absolute Gasteiger partial charge is 0.304 e. The molecule has 0 radical (unpaired) electrons. The van der Waals surface area contributed by atoms with Gasteiger partial charge in [-0.3, -0.25) is 9.59 Å². The molecule has 8 nitrogen and oxygen atoms in total. The Morgan fingerprint density at radius 2 is 1.79 bits per heavy atom. The van der Waals surface area contributed by atoms with Gasteiger partial charge >= 0.3 is 10.2 Å². The Morgan fingerprint density at radius 1 is 1.12 bits per heavy atom. The van der Waals surface area contributed by atoms with E-state index >= 15 is 0 Å². The van der Waals surface area contributed by atoms with Crippen molar-refractivity contribution in [2.75, 3.05) is 31.5 Å². The molecule has 2 aromatic carbocycles. The van der Waals surface area contributed by atoms with Crippen LogP contribution in [0.1, 0.15) is 25.8 Å². The molecule has 1 N–H and O–H groups in total. The van der Waals surface area contributed by atoms with Gasteiger partial charge in [-0.1, -0.05) is 42.8 Å². The third-order valence-electron chi connectivity index (χ3n) is 5.10. The SMILES string of the molecule is CCCNC(=O)[C@H](C)N(Cc1cccc(Cl)c1)C(=O)CN(c1ccccc1F)S(=O)(=O)N(C)C. The number of hydrogen-bond donors (Lipinski definition) is 1. The molecule has 2 amide bonds. The highest BCUT2D eigenvalue weighted by Crippen LogP contribution is 2.24. The molecule has 0 fully saturated rings. The van der Waals surface area contributed by atoms with Gasteiger partial charge in [-0.15, -0.1) is 0 Å². The summed E-state index contributed by atoms with van der Waals surface area (Å²) in [4.78, 5) is 27.4. The molecule has 186 valence electrons. The topological polar surface area (TPSA) is 90.0 Å². The fraction of sp³-hybridized carbons (Fsp3) is 0.391. The van der Waals surface area contributed by atoms with E-state index in [-0.39, 0.29) is 18.1 Å². The lowest BCUT2D eigenvalue weighted by atomic mass is 10.1. The van der Waals surface area contributed by atoms with Gasteiger partial charge < -0.3 is 10.2 Å². The second-order valence-electron chi connectivity index (χ2n) is 7.87. The first-order valence-corrected chi connectivity index (χ1v) is 12.5. The van der Waals surface area contributed by atoms with Crippen LogP contribution in [0.2, 0.25) is 5.02 Å². The highest BCUT2D eigenvalue weighted by Gasteiger charge is 2.33. The van der Waals surface area contributed by atoms with Gasteiger partial charge in [0.05, 0.1) is 5.69 Å². The molecular weight excluding hydrogens is 483 g/mol. The van der Waals surface area contributed by atoms with E-state index in [9.17, 15) is 22.4 Å². The number of halogens is 2. The van der Waals surface area contributed by atoms with Gasteiger partial charge in [-0.25, -0.2) is 8.70 Å². The molecule has 0 aromatic heterocycles. The van der Waals surface area contributed by atoms with E-state index in [2.05, 4.69) is 5.32 Å². The van der Waals surface area contributed by atoms with Crippen LogP contribution in [-0.2, 0) is 26.3 Å². The maximum atomic E-state index is 14.6. The molecule has 0 saturated heterocycles. The lowest BCUT2D eigenvalue weighted by molar-refractivity contribution is -0.139. The average Bonchev–Trinajstić information content (AvgIpc) is 2.79. The minimum Gasteiger partial charge on any atom is -0.354 e. The third kappa shape index (κ3) is 6.91. The lowest BCUT2D eigenvalue weighted by Gasteiger charge is -2.33. The van der Waals surface area contributed by atoms with Gasteiger partial charge in [-0.2, -0.15) is 12.7 Å². The quantitative estimate of drug-likeness (QED) is 0.501. The predicted octanol–water partition coefficient (Wildman–Crippen LogP) is 3.04. The Bertz CT molecular complexity index is 1110. The number of carbonyl (C=O) groups is 2. The molecule has 0 aliphatic carbocycles. The summed E-state index contributed by atoms with van der Waals surface area (Å²) in [6.45, 7) is 3.19. The van der Waals surface area contributed by atoms with Crippen molar-refractivity contribution in [2.24, 2.45) is 0 Å². The highest BCUT2D eigenvalue weighted by molar-refractivity contribution is 7.90. The monoisotopic (exact) mass is 512 g/mol. The predicted molar refractivity (Wildman–Crippen MR) is 131 cm³/mol. The largest absolute Gasteiger partial charge is 0.354 e. The Morgan fingerprint density at radius 3 is 2.38 bits per heavy atom. The van der Waals surface area contributed by atoms with Crippen LogP contribution in [0.4, 0.5) is 10.1 Å². The molecule has 0 aliphatic heterocycles. The van der Waals surface area contributed by atoms with Crippen molar-refractivity contribution in [1.82, 2.24) is 14.5 Å². The van der Waals surface area contributed by atoms with E-state index in [4.69, 9.17) is 11.6 Å². The Balaban J connectivity index is 2.45. The summed E-state index contributed by atoms with van der Waals surface area (Å²) in [7, 11) is -1.65. The van der Waals surface area contributed by atoms with Crippen LogP contribution in [-0.4, -0.2) is 62.7 Å². The summed E-state index contributed by atoms with van der Waals surface area (Å²) in [5, 5.41) is 3.20. The number of anilines is 1. The fourth-order valence-electron chi connectivity index (χ4n) is 3.17. The van der Waals surface area contributed by atoms with Crippen LogP contribution < -0.4 is 9.62 Å². The lowest BCUT2D eigenvalue weighted by Crippen LogP contribution is -2.52. The van der Waals surface area contributed by atoms with Crippen LogP contribution in [0, 0.1) is 5.82 Å². The van der Waals surface area contributed by atoms with Gasteiger partial charge in [0.25, 0.3) is 0 Å². The molecule has 1 atom stereocenters. The number of carbonyl (C=O) groups excluding carboxylic acids is 2. The molecule has 0 spiro atoms. The second-order valence-corrected chi connectivity index (χ2v) is 10.4. The highest BCUT2D eigenvalue weighted by atomic mass is 35.5. The molecule has 0 bridgehead atoms. The fourth-order valence-corrected chi connectivity index (χ4v) is 4.44. The summed E-state index contributed by atoms with van der Waals surface area (Å²) in [6.07, 6.45) is 0.711. The molecule has 0 heterocycles. The minimum absolute atomic E-state index is 0.00717. The number of rotatable bonds is 11. The molecule has 0 unspecified atom stereocenters. The second kappa shape index (κ2) is 12.1. The van der Waals surface area contributed by atoms with Crippen molar-refractivity contribution in [2.45, 2.75) is 32.9 Å². The number of hydrogen-bond acceptors (Lipinski definition) is 4. The van der Waals surface area contributed by atoms with Crippen LogP contribution in [0.3, 0.4) is 0 Å². The minimum atomic E-state index is -4.23. The van der Waals surface area contributed by atoms with E-state index in [0.29, 0.717) is 27.9 Å². The number of nitrogens with one attached hydrogen (secondary N) is 1. The van der Waals surface area contributed by atoms with Gasteiger partial charge in [0, 0.05) is 32.2 Å². The molecule has 0 saturated carbocycles. The van der Waals surface area contributed by atoms with Crippen molar-refractivity contribution in [1.29, 1.82) is 0 Å². The van der Waals surface area contributed by atoms with E-state index in [1.54, 1.807) is 31.2 Å². The number of benzene rings is 2. The van der Waals surface area contributed by atoms with Crippen molar-refractivity contribution < 1.29 is 22.4 Å². The van der Waals surface area contributed by atoms with E-state index < -0.39 is 34.5 Å².